The first-order valence-corrected chi connectivity index (χ1v) is 6.53. The molecule has 0 N–H and O–H groups in total. The summed E-state index contributed by atoms with van der Waals surface area (Å²) in [7, 11) is 3.21. The van der Waals surface area contributed by atoms with Crippen LogP contribution >= 0.6 is 0 Å². The van der Waals surface area contributed by atoms with Gasteiger partial charge in [-0.1, -0.05) is 25.1 Å². The van der Waals surface area contributed by atoms with Crippen molar-refractivity contribution in [1.29, 1.82) is 0 Å². The SMILES string of the molecule is CCS(=O)c1ccccc1[C@@H](C)N(C)C. The standard InChI is InChI=1S/C12H19NOS/c1-5-15(14)12-9-7-6-8-11(12)10(2)13(3)4/h6-10H,5H2,1-4H3/t10-,15?/m1/s1. The van der Waals surface area contributed by atoms with Gasteiger partial charge in [0.1, 0.15) is 0 Å². The molecule has 0 fully saturated rings. The molecule has 0 heterocycles. The Bertz CT molecular complexity index is 349. The smallest absolute Gasteiger partial charge is 0.0530 e. The topological polar surface area (TPSA) is 20.3 Å². The zero-order valence-corrected chi connectivity index (χ0v) is 10.7. The van der Waals surface area contributed by atoms with Crippen LogP contribution in [0.5, 0.6) is 0 Å². The molecule has 0 aliphatic carbocycles. The number of benzene rings is 1. The molecule has 0 saturated carbocycles. The molecule has 0 bridgehead atoms. The lowest BCUT2D eigenvalue weighted by molar-refractivity contribution is 0.317. The highest BCUT2D eigenvalue weighted by Gasteiger charge is 2.14. The average Bonchev–Trinajstić information content (AvgIpc) is 2.27. The fourth-order valence-electron chi connectivity index (χ4n) is 1.47. The van der Waals surface area contributed by atoms with E-state index in [-0.39, 0.29) is 0 Å². The summed E-state index contributed by atoms with van der Waals surface area (Å²) in [5.41, 5.74) is 1.17. The van der Waals surface area contributed by atoms with Crippen molar-refractivity contribution in [2.45, 2.75) is 24.8 Å². The van der Waals surface area contributed by atoms with Gasteiger partial charge in [-0.15, -0.1) is 0 Å². The summed E-state index contributed by atoms with van der Waals surface area (Å²) in [5, 5.41) is 0. The van der Waals surface area contributed by atoms with E-state index in [1.807, 2.05) is 39.2 Å². The van der Waals surface area contributed by atoms with Crippen LogP contribution in [0, 0.1) is 0 Å². The van der Waals surface area contributed by atoms with Crippen molar-refractivity contribution in [3.8, 4) is 0 Å². The number of hydrogen-bond donors (Lipinski definition) is 0. The Kier molecular flexibility index (Phi) is 4.48. The molecule has 3 heteroatoms. The maximum atomic E-state index is 11.9. The molecule has 1 rings (SSSR count). The summed E-state index contributed by atoms with van der Waals surface area (Å²) in [4.78, 5) is 3.10. The van der Waals surface area contributed by atoms with Crippen LogP contribution < -0.4 is 0 Å². The van der Waals surface area contributed by atoms with Gasteiger partial charge in [0.05, 0.1) is 10.8 Å². The van der Waals surface area contributed by atoms with Crippen molar-refractivity contribution in [1.82, 2.24) is 4.90 Å². The highest BCUT2D eigenvalue weighted by Crippen LogP contribution is 2.24. The molecule has 0 radical (unpaired) electrons. The molecule has 0 amide bonds. The van der Waals surface area contributed by atoms with Crippen molar-refractivity contribution >= 4 is 10.8 Å². The third-order valence-electron chi connectivity index (χ3n) is 2.65. The zero-order valence-electron chi connectivity index (χ0n) is 9.86. The van der Waals surface area contributed by atoms with E-state index in [1.165, 1.54) is 5.56 Å². The molecule has 15 heavy (non-hydrogen) atoms. The molecule has 84 valence electrons. The summed E-state index contributed by atoms with van der Waals surface area (Å²) < 4.78 is 11.9. The van der Waals surface area contributed by atoms with Crippen molar-refractivity contribution in [2.24, 2.45) is 0 Å². The first kappa shape index (κ1) is 12.4. The fourth-order valence-corrected chi connectivity index (χ4v) is 2.51. The third-order valence-corrected chi connectivity index (χ3v) is 4.04. The highest BCUT2D eigenvalue weighted by atomic mass is 32.2. The van der Waals surface area contributed by atoms with Crippen LogP contribution in [0.25, 0.3) is 0 Å². The molecule has 0 aromatic heterocycles. The van der Waals surface area contributed by atoms with Crippen LogP contribution in [0.15, 0.2) is 29.2 Å². The second kappa shape index (κ2) is 5.42. The van der Waals surface area contributed by atoms with Crippen LogP contribution in [0.2, 0.25) is 0 Å². The van der Waals surface area contributed by atoms with Crippen molar-refractivity contribution < 1.29 is 4.21 Å². The lowest BCUT2D eigenvalue weighted by atomic mass is 10.1. The average molecular weight is 225 g/mol. The van der Waals surface area contributed by atoms with E-state index in [0.717, 1.165) is 4.90 Å². The lowest BCUT2D eigenvalue weighted by Gasteiger charge is -2.22. The van der Waals surface area contributed by atoms with Gasteiger partial charge in [-0.05, 0) is 32.6 Å². The van der Waals surface area contributed by atoms with Crippen LogP contribution in [-0.4, -0.2) is 29.0 Å². The molecule has 1 aromatic carbocycles. The second-order valence-electron chi connectivity index (χ2n) is 3.81. The quantitative estimate of drug-likeness (QED) is 0.784. The first-order valence-electron chi connectivity index (χ1n) is 5.21. The molecule has 0 aliphatic heterocycles. The van der Waals surface area contributed by atoms with E-state index >= 15 is 0 Å². The largest absolute Gasteiger partial charge is 0.303 e. The van der Waals surface area contributed by atoms with Gasteiger partial charge >= 0.3 is 0 Å². The predicted molar refractivity (Wildman–Crippen MR) is 65.5 cm³/mol. The van der Waals surface area contributed by atoms with E-state index < -0.39 is 10.8 Å². The molecule has 1 unspecified atom stereocenters. The third kappa shape index (κ3) is 2.89. The molecular formula is C12H19NOS. The summed E-state index contributed by atoms with van der Waals surface area (Å²) in [6, 6.07) is 8.29. The number of rotatable bonds is 4. The Morgan fingerprint density at radius 3 is 2.47 bits per heavy atom. The van der Waals surface area contributed by atoms with E-state index in [1.54, 1.807) is 0 Å². The highest BCUT2D eigenvalue weighted by molar-refractivity contribution is 7.85. The van der Waals surface area contributed by atoms with E-state index in [2.05, 4.69) is 17.9 Å². The van der Waals surface area contributed by atoms with Gasteiger partial charge in [-0.3, -0.25) is 4.21 Å². The molecule has 0 saturated heterocycles. The van der Waals surface area contributed by atoms with Crippen molar-refractivity contribution in [3.05, 3.63) is 29.8 Å². The van der Waals surface area contributed by atoms with Crippen molar-refractivity contribution in [3.63, 3.8) is 0 Å². The van der Waals surface area contributed by atoms with Gasteiger partial charge in [0.15, 0.2) is 0 Å². The fraction of sp³-hybridized carbons (Fsp3) is 0.500. The molecule has 0 aliphatic rings. The van der Waals surface area contributed by atoms with E-state index in [9.17, 15) is 4.21 Å². The van der Waals surface area contributed by atoms with Gasteiger partial charge in [0.25, 0.3) is 0 Å². The van der Waals surface area contributed by atoms with Gasteiger partial charge in [-0.2, -0.15) is 0 Å². The Morgan fingerprint density at radius 2 is 1.93 bits per heavy atom. The van der Waals surface area contributed by atoms with Gasteiger partial charge in [-0.25, -0.2) is 0 Å². The molecule has 2 nitrogen and oxygen atoms in total. The molecule has 0 spiro atoms. The van der Waals surface area contributed by atoms with E-state index in [4.69, 9.17) is 0 Å². The Balaban J connectivity index is 3.11. The van der Waals surface area contributed by atoms with Gasteiger partial charge in [0.2, 0.25) is 0 Å². The predicted octanol–water partition coefficient (Wildman–Crippen LogP) is 2.44. The van der Waals surface area contributed by atoms with Gasteiger partial charge in [0, 0.05) is 16.7 Å². The monoisotopic (exact) mass is 225 g/mol. The van der Waals surface area contributed by atoms with Crippen molar-refractivity contribution in [2.75, 3.05) is 19.8 Å². The number of nitrogens with zero attached hydrogens (tertiary/aromatic N) is 1. The maximum absolute atomic E-state index is 11.9. The minimum atomic E-state index is -0.866. The minimum absolute atomic E-state index is 0.302. The Hall–Kier alpha value is -0.670. The summed E-state index contributed by atoms with van der Waals surface area (Å²) >= 11 is 0. The Morgan fingerprint density at radius 1 is 1.33 bits per heavy atom. The molecule has 2 atom stereocenters. The minimum Gasteiger partial charge on any atom is -0.303 e. The summed E-state index contributed by atoms with van der Waals surface area (Å²) in [6.45, 7) is 4.08. The zero-order chi connectivity index (χ0) is 11.4. The molecule has 1 aromatic rings. The van der Waals surface area contributed by atoms with Crippen LogP contribution in [0.3, 0.4) is 0 Å². The van der Waals surface area contributed by atoms with Crippen LogP contribution in [0.4, 0.5) is 0 Å². The summed E-state index contributed by atoms with van der Waals surface area (Å²) in [6.07, 6.45) is 0. The van der Waals surface area contributed by atoms with Gasteiger partial charge < -0.3 is 4.90 Å². The van der Waals surface area contributed by atoms with E-state index in [0.29, 0.717) is 11.8 Å². The summed E-state index contributed by atoms with van der Waals surface area (Å²) in [5.74, 6) is 0.678. The Labute approximate surface area is 94.8 Å². The number of hydrogen-bond acceptors (Lipinski definition) is 2. The normalized spacial score (nSPS) is 15.3. The first-order chi connectivity index (χ1) is 7.07. The molecular weight excluding hydrogens is 206 g/mol. The lowest BCUT2D eigenvalue weighted by Crippen LogP contribution is -2.18. The van der Waals surface area contributed by atoms with Crippen LogP contribution in [-0.2, 0) is 10.8 Å². The maximum Gasteiger partial charge on any atom is 0.0530 e. The second-order valence-corrected chi connectivity index (χ2v) is 5.52. The van der Waals surface area contributed by atoms with Crippen LogP contribution in [0.1, 0.15) is 25.5 Å².